The molecule has 2 unspecified atom stereocenters. The lowest BCUT2D eigenvalue weighted by Gasteiger charge is -2.26. The van der Waals surface area contributed by atoms with Gasteiger partial charge in [0.2, 0.25) is 5.91 Å². The molecule has 2 aliphatic carbocycles. The van der Waals surface area contributed by atoms with E-state index in [9.17, 15) is 4.79 Å². The largest absolute Gasteiger partial charge is 0.396 e. The molecular formula is C18H25NO2S. The first-order valence-electron chi connectivity index (χ1n) is 8.32. The van der Waals surface area contributed by atoms with Crippen molar-refractivity contribution in [3.8, 4) is 0 Å². The maximum absolute atomic E-state index is 12.4. The van der Waals surface area contributed by atoms with E-state index in [1.807, 2.05) is 0 Å². The van der Waals surface area contributed by atoms with Gasteiger partial charge in [0.15, 0.2) is 0 Å². The van der Waals surface area contributed by atoms with Gasteiger partial charge >= 0.3 is 0 Å². The van der Waals surface area contributed by atoms with E-state index in [0.29, 0.717) is 0 Å². The number of aryl methyl sites for hydroxylation is 1. The maximum atomic E-state index is 12.4. The third-order valence-corrected chi connectivity index (χ3v) is 6.08. The highest BCUT2D eigenvalue weighted by Crippen LogP contribution is 2.60. The van der Waals surface area contributed by atoms with Crippen molar-refractivity contribution in [3.63, 3.8) is 0 Å². The lowest BCUT2D eigenvalue weighted by Crippen LogP contribution is -2.31. The Kier molecular flexibility index (Phi) is 5.09. The van der Waals surface area contributed by atoms with Crippen LogP contribution in [0.5, 0.6) is 0 Å². The van der Waals surface area contributed by atoms with Gasteiger partial charge in [0.25, 0.3) is 0 Å². The van der Waals surface area contributed by atoms with Gasteiger partial charge in [-0.1, -0.05) is 24.3 Å². The van der Waals surface area contributed by atoms with E-state index in [2.05, 4.69) is 29.6 Å². The van der Waals surface area contributed by atoms with Crippen molar-refractivity contribution in [1.82, 2.24) is 5.32 Å². The van der Waals surface area contributed by atoms with E-state index in [-0.39, 0.29) is 23.8 Å². The summed E-state index contributed by atoms with van der Waals surface area (Å²) in [6, 6.07) is 8.67. The highest BCUT2D eigenvalue weighted by atomic mass is 32.2. The number of rotatable bonds is 7. The Morgan fingerprint density at radius 2 is 2.23 bits per heavy atom. The molecule has 0 saturated heterocycles. The average molecular weight is 319 g/mol. The zero-order valence-corrected chi connectivity index (χ0v) is 13.8. The lowest BCUT2D eigenvalue weighted by molar-refractivity contribution is -0.122. The summed E-state index contributed by atoms with van der Waals surface area (Å²) < 4.78 is 0. The van der Waals surface area contributed by atoms with Crippen molar-refractivity contribution in [1.29, 1.82) is 0 Å². The molecule has 2 atom stereocenters. The summed E-state index contributed by atoms with van der Waals surface area (Å²) in [6.07, 6.45) is 5.38. The molecule has 1 amide bonds. The monoisotopic (exact) mass is 319 g/mol. The number of amides is 1. The molecule has 0 aliphatic heterocycles. The number of hydrogen-bond donors (Lipinski definition) is 2. The second kappa shape index (κ2) is 7.05. The van der Waals surface area contributed by atoms with Crippen LogP contribution < -0.4 is 5.32 Å². The molecule has 3 rings (SSSR count). The Morgan fingerprint density at radius 1 is 1.36 bits per heavy atom. The smallest absolute Gasteiger partial charge is 0.224 e. The predicted molar refractivity (Wildman–Crippen MR) is 91.2 cm³/mol. The molecule has 22 heavy (non-hydrogen) atoms. The predicted octanol–water partition coefficient (Wildman–Crippen LogP) is 2.51. The van der Waals surface area contributed by atoms with Crippen molar-refractivity contribution in [2.24, 2.45) is 5.92 Å². The van der Waals surface area contributed by atoms with Gasteiger partial charge in [0.05, 0.1) is 0 Å². The van der Waals surface area contributed by atoms with Crippen molar-refractivity contribution in [3.05, 3.63) is 35.4 Å². The molecule has 3 nitrogen and oxygen atoms in total. The summed E-state index contributed by atoms with van der Waals surface area (Å²) in [4.78, 5) is 12.4. The molecule has 1 aromatic carbocycles. The van der Waals surface area contributed by atoms with E-state index in [1.54, 1.807) is 11.8 Å². The van der Waals surface area contributed by atoms with Gasteiger partial charge in [-0.25, -0.2) is 0 Å². The number of hydrogen-bond acceptors (Lipinski definition) is 3. The van der Waals surface area contributed by atoms with Gasteiger partial charge in [0.1, 0.15) is 0 Å². The molecule has 1 aromatic rings. The third-order valence-electron chi connectivity index (χ3n) is 5.01. The molecular weight excluding hydrogens is 294 g/mol. The SMILES string of the molecule is O=C(NCCSCCCO)C1CC12CCCc1ccccc12. The number of aliphatic hydroxyl groups is 1. The van der Waals surface area contributed by atoms with E-state index in [1.165, 1.54) is 17.5 Å². The van der Waals surface area contributed by atoms with Gasteiger partial charge < -0.3 is 10.4 Å². The van der Waals surface area contributed by atoms with Gasteiger partial charge in [0, 0.05) is 30.2 Å². The number of carbonyl (C=O) groups is 1. The fourth-order valence-electron chi connectivity index (χ4n) is 3.81. The zero-order valence-electron chi connectivity index (χ0n) is 13.0. The fourth-order valence-corrected chi connectivity index (χ4v) is 4.60. The maximum Gasteiger partial charge on any atom is 0.224 e. The first-order chi connectivity index (χ1) is 10.8. The summed E-state index contributed by atoms with van der Waals surface area (Å²) in [7, 11) is 0. The van der Waals surface area contributed by atoms with Gasteiger partial charge in [-0.15, -0.1) is 0 Å². The van der Waals surface area contributed by atoms with Crippen LogP contribution in [-0.4, -0.2) is 35.7 Å². The number of thioether (sulfide) groups is 1. The molecule has 0 radical (unpaired) electrons. The summed E-state index contributed by atoms with van der Waals surface area (Å²) in [5.41, 5.74) is 3.02. The van der Waals surface area contributed by atoms with Gasteiger partial charge in [-0.05, 0) is 49.0 Å². The average Bonchev–Trinajstić information content (AvgIpc) is 3.26. The Hall–Kier alpha value is -1.00. The second-order valence-electron chi connectivity index (χ2n) is 6.40. The highest BCUT2D eigenvalue weighted by molar-refractivity contribution is 7.99. The molecule has 1 saturated carbocycles. The minimum absolute atomic E-state index is 0.142. The Bertz CT molecular complexity index is 534. The normalized spacial score (nSPS) is 25.8. The first-order valence-corrected chi connectivity index (χ1v) is 9.48. The zero-order chi connectivity index (χ0) is 15.4. The summed E-state index contributed by atoms with van der Waals surface area (Å²) >= 11 is 1.79. The Balaban J connectivity index is 1.50. The lowest BCUT2D eigenvalue weighted by atomic mass is 9.78. The Labute approximate surface area is 136 Å². The van der Waals surface area contributed by atoms with Crippen LogP contribution in [0.15, 0.2) is 24.3 Å². The summed E-state index contributed by atoms with van der Waals surface area (Å²) in [5.74, 6) is 2.31. The van der Waals surface area contributed by atoms with E-state index >= 15 is 0 Å². The topological polar surface area (TPSA) is 49.3 Å². The van der Waals surface area contributed by atoms with E-state index < -0.39 is 0 Å². The standard InChI is InChI=1S/C18H25NO2S/c20-10-4-11-22-12-9-19-17(21)16-13-18(16)8-3-6-14-5-1-2-7-15(14)18/h1-2,5,7,16,20H,3-4,6,8-13H2,(H,19,21). The molecule has 2 N–H and O–H groups in total. The van der Waals surface area contributed by atoms with Crippen LogP contribution in [0.25, 0.3) is 0 Å². The fraction of sp³-hybridized carbons (Fsp3) is 0.611. The molecule has 1 fully saturated rings. The summed E-state index contributed by atoms with van der Waals surface area (Å²) in [6.45, 7) is 0.993. The van der Waals surface area contributed by atoms with Crippen LogP contribution in [0.4, 0.5) is 0 Å². The molecule has 0 aromatic heterocycles. The van der Waals surface area contributed by atoms with Crippen molar-refractivity contribution >= 4 is 17.7 Å². The molecule has 0 heterocycles. The molecule has 120 valence electrons. The number of nitrogens with one attached hydrogen (secondary N) is 1. The third kappa shape index (κ3) is 3.18. The van der Waals surface area contributed by atoms with Crippen molar-refractivity contribution in [2.75, 3.05) is 24.7 Å². The first kappa shape index (κ1) is 15.9. The van der Waals surface area contributed by atoms with E-state index in [0.717, 1.165) is 43.7 Å². The highest BCUT2D eigenvalue weighted by Gasteiger charge is 2.59. The van der Waals surface area contributed by atoms with Crippen LogP contribution in [0.3, 0.4) is 0 Å². The molecule has 1 spiro atoms. The van der Waals surface area contributed by atoms with Crippen LogP contribution in [0, 0.1) is 5.92 Å². The molecule has 4 heteroatoms. The minimum Gasteiger partial charge on any atom is -0.396 e. The number of aliphatic hydroxyl groups excluding tert-OH is 1. The number of carbonyl (C=O) groups excluding carboxylic acids is 1. The second-order valence-corrected chi connectivity index (χ2v) is 7.63. The Morgan fingerprint density at radius 3 is 3.09 bits per heavy atom. The number of fused-ring (bicyclic) bond motifs is 2. The van der Waals surface area contributed by atoms with Crippen LogP contribution in [0.1, 0.15) is 36.8 Å². The van der Waals surface area contributed by atoms with Crippen LogP contribution in [0.2, 0.25) is 0 Å². The summed E-state index contributed by atoms with van der Waals surface area (Å²) in [5, 5.41) is 11.8. The van der Waals surface area contributed by atoms with Crippen LogP contribution >= 0.6 is 11.8 Å². The number of benzene rings is 1. The van der Waals surface area contributed by atoms with Crippen LogP contribution in [-0.2, 0) is 16.6 Å². The minimum atomic E-state index is 0.142. The van der Waals surface area contributed by atoms with Gasteiger partial charge in [-0.2, -0.15) is 11.8 Å². The molecule has 2 aliphatic rings. The quantitative estimate of drug-likeness (QED) is 0.759. The van der Waals surface area contributed by atoms with Crippen molar-refractivity contribution in [2.45, 2.75) is 37.5 Å². The van der Waals surface area contributed by atoms with Gasteiger partial charge in [-0.3, -0.25) is 4.79 Å². The van der Waals surface area contributed by atoms with E-state index in [4.69, 9.17) is 5.11 Å². The van der Waals surface area contributed by atoms with Crippen molar-refractivity contribution < 1.29 is 9.90 Å². The molecule has 0 bridgehead atoms.